The summed E-state index contributed by atoms with van der Waals surface area (Å²) in [6.07, 6.45) is 4.17. The molecule has 2 atom stereocenters. The van der Waals surface area contributed by atoms with Gasteiger partial charge in [0.25, 0.3) is 0 Å². The van der Waals surface area contributed by atoms with Crippen molar-refractivity contribution in [3.63, 3.8) is 0 Å². The van der Waals surface area contributed by atoms with Crippen LogP contribution in [-0.4, -0.2) is 16.1 Å². The fourth-order valence-corrected chi connectivity index (χ4v) is 1.85. The molecule has 3 nitrogen and oxygen atoms in total. The summed E-state index contributed by atoms with van der Waals surface area (Å²) in [5, 5.41) is 8.72. The standard InChI is InChI=1S/C9H8BrNO2/c10-6-1-5(3-11-4-6)7-2-8(7)9(12)13/h1,3-4,7-8H,2H2,(H,12,13). The van der Waals surface area contributed by atoms with Crippen molar-refractivity contribution in [2.45, 2.75) is 12.3 Å². The molecule has 0 spiro atoms. The van der Waals surface area contributed by atoms with E-state index < -0.39 is 5.97 Å². The SMILES string of the molecule is O=C(O)C1CC1c1cncc(Br)c1. The minimum Gasteiger partial charge on any atom is -0.481 e. The van der Waals surface area contributed by atoms with Gasteiger partial charge in [0.15, 0.2) is 0 Å². The fraction of sp³-hybridized carbons (Fsp3) is 0.333. The number of halogens is 1. The molecule has 1 heterocycles. The van der Waals surface area contributed by atoms with Gasteiger partial charge in [0, 0.05) is 16.9 Å². The molecule has 0 bridgehead atoms. The first-order valence-corrected chi connectivity index (χ1v) is 4.81. The van der Waals surface area contributed by atoms with Gasteiger partial charge >= 0.3 is 5.97 Å². The van der Waals surface area contributed by atoms with Crippen molar-refractivity contribution in [3.8, 4) is 0 Å². The van der Waals surface area contributed by atoms with Crippen LogP contribution in [0.25, 0.3) is 0 Å². The van der Waals surface area contributed by atoms with Gasteiger partial charge in [-0.1, -0.05) is 0 Å². The van der Waals surface area contributed by atoms with Gasteiger partial charge in [0.05, 0.1) is 5.92 Å². The topological polar surface area (TPSA) is 50.2 Å². The Labute approximate surface area is 83.9 Å². The summed E-state index contributed by atoms with van der Waals surface area (Å²) in [6.45, 7) is 0. The number of aliphatic carboxylic acids is 1. The summed E-state index contributed by atoms with van der Waals surface area (Å²) >= 11 is 3.31. The fourth-order valence-electron chi connectivity index (χ4n) is 1.47. The second-order valence-electron chi connectivity index (χ2n) is 3.22. The highest BCUT2D eigenvalue weighted by Crippen LogP contribution is 2.47. The molecule has 1 aliphatic rings. The number of hydrogen-bond acceptors (Lipinski definition) is 2. The number of carboxylic acid groups (broad SMARTS) is 1. The number of nitrogens with zero attached hydrogens (tertiary/aromatic N) is 1. The summed E-state index contributed by atoms with van der Waals surface area (Å²) in [5.74, 6) is -0.733. The maximum absolute atomic E-state index is 10.6. The Morgan fingerprint density at radius 3 is 2.92 bits per heavy atom. The molecule has 1 aromatic heterocycles. The molecule has 0 amide bonds. The Morgan fingerprint density at radius 1 is 1.62 bits per heavy atom. The second kappa shape index (κ2) is 3.10. The Morgan fingerprint density at radius 2 is 2.38 bits per heavy atom. The van der Waals surface area contributed by atoms with Crippen molar-refractivity contribution in [1.29, 1.82) is 0 Å². The van der Waals surface area contributed by atoms with Crippen molar-refractivity contribution >= 4 is 21.9 Å². The van der Waals surface area contributed by atoms with Crippen molar-refractivity contribution in [1.82, 2.24) is 4.98 Å². The summed E-state index contributed by atoms with van der Waals surface area (Å²) in [7, 11) is 0. The minimum atomic E-state index is -0.704. The molecular weight excluding hydrogens is 234 g/mol. The van der Waals surface area contributed by atoms with Crippen molar-refractivity contribution in [2.75, 3.05) is 0 Å². The summed E-state index contributed by atoms with van der Waals surface area (Å²) in [6, 6.07) is 1.93. The van der Waals surface area contributed by atoms with E-state index in [0.29, 0.717) is 0 Å². The average Bonchev–Trinajstić information content (AvgIpc) is 2.82. The van der Waals surface area contributed by atoms with Crippen LogP contribution in [0.3, 0.4) is 0 Å². The van der Waals surface area contributed by atoms with Gasteiger partial charge in [0.2, 0.25) is 0 Å². The van der Waals surface area contributed by atoms with Gasteiger partial charge in [-0.15, -0.1) is 0 Å². The predicted molar refractivity (Wildman–Crippen MR) is 50.4 cm³/mol. The van der Waals surface area contributed by atoms with Crippen LogP contribution in [0, 0.1) is 5.92 Å². The largest absolute Gasteiger partial charge is 0.481 e. The van der Waals surface area contributed by atoms with Gasteiger partial charge in [0.1, 0.15) is 0 Å². The Kier molecular flexibility index (Phi) is 2.07. The number of aromatic nitrogens is 1. The molecule has 13 heavy (non-hydrogen) atoms. The molecule has 1 N–H and O–H groups in total. The number of pyridine rings is 1. The van der Waals surface area contributed by atoms with Crippen LogP contribution in [0.4, 0.5) is 0 Å². The quantitative estimate of drug-likeness (QED) is 0.863. The van der Waals surface area contributed by atoms with Crippen LogP contribution >= 0.6 is 15.9 Å². The highest BCUT2D eigenvalue weighted by atomic mass is 79.9. The first kappa shape index (κ1) is 8.69. The maximum atomic E-state index is 10.6. The molecule has 1 saturated carbocycles. The number of hydrogen-bond donors (Lipinski definition) is 1. The van der Waals surface area contributed by atoms with E-state index in [1.54, 1.807) is 12.4 Å². The molecule has 1 aromatic rings. The van der Waals surface area contributed by atoms with Gasteiger partial charge in [-0.3, -0.25) is 9.78 Å². The van der Waals surface area contributed by atoms with E-state index >= 15 is 0 Å². The van der Waals surface area contributed by atoms with Crippen LogP contribution in [-0.2, 0) is 4.79 Å². The molecule has 0 saturated heterocycles. The van der Waals surface area contributed by atoms with Crippen molar-refractivity contribution < 1.29 is 9.90 Å². The van der Waals surface area contributed by atoms with Gasteiger partial charge in [-0.05, 0) is 39.9 Å². The molecule has 2 unspecified atom stereocenters. The lowest BCUT2D eigenvalue weighted by molar-refractivity contribution is -0.138. The lowest BCUT2D eigenvalue weighted by atomic mass is 10.1. The van der Waals surface area contributed by atoms with E-state index in [1.165, 1.54) is 0 Å². The minimum absolute atomic E-state index is 0.169. The van der Waals surface area contributed by atoms with Crippen LogP contribution in [0.5, 0.6) is 0 Å². The van der Waals surface area contributed by atoms with Gasteiger partial charge < -0.3 is 5.11 Å². The van der Waals surface area contributed by atoms with Crippen LogP contribution in [0.1, 0.15) is 17.9 Å². The molecule has 1 fully saturated rings. The zero-order chi connectivity index (χ0) is 9.42. The molecule has 1 aliphatic carbocycles. The van der Waals surface area contributed by atoms with E-state index in [9.17, 15) is 4.79 Å². The summed E-state index contributed by atoms with van der Waals surface area (Å²) in [4.78, 5) is 14.6. The first-order valence-electron chi connectivity index (χ1n) is 4.01. The Balaban J connectivity index is 2.16. The van der Waals surface area contributed by atoms with Crippen LogP contribution < -0.4 is 0 Å². The number of rotatable bonds is 2. The van der Waals surface area contributed by atoms with Crippen LogP contribution in [0.2, 0.25) is 0 Å². The third kappa shape index (κ3) is 1.72. The molecule has 0 aliphatic heterocycles. The normalized spacial score (nSPS) is 25.6. The van der Waals surface area contributed by atoms with Crippen molar-refractivity contribution in [3.05, 3.63) is 28.5 Å². The van der Waals surface area contributed by atoms with Gasteiger partial charge in [-0.25, -0.2) is 0 Å². The van der Waals surface area contributed by atoms with E-state index in [-0.39, 0.29) is 11.8 Å². The molecule has 4 heteroatoms. The Hall–Kier alpha value is -0.900. The predicted octanol–water partition coefficient (Wildman–Crippen LogP) is 2.03. The maximum Gasteiger partial charge on any atom is 0.307 e. The number of carboxylic acids is 1. The molecule has 0 radical (unpaired) electrons. The lowest BCUT2D eigenvalue weighted by Gasteiger charge is -1.97. The third-order valence-electron chi connectivity index (χ3n) is 2.26. The van der Waals surface area contributed by atoms with E-state index in [2.05, 4.69) is 20.9 Å². The van der Waals surface area contributed by atoms with E-state index in [1.807, 2.05) is 6.07 Å². The lowest BCUT2D eigenvalue weighted by Crippen LogP contribution is -1.98. The number of carbonyl (C=O) groups is 1. The second-order valence-corrected chi connectivity index (χ2v) is 4.14. The first-order chi connectivity index (χ1) is 6.18. The summed E-state index contributed by atoms with van der Waals surface area (Å²) in [5.41, 5.74) is 1.02. The monoisotopic (exact) mass is 241 g/mol. The zero-order valence-electron chi connectivity index (χ0n) is 6.77. The molecule has 0 aromatic carbocycles. The average molecular weight is 242 g/mol. The summed E-state index contributed by atoms with van der Waals surface area (Å²) < 4.78 is 0.904. The molecular formula is C9H8BrNO2. The van der Waals surface area contributed by atoms with Crippen molar-refractivity contribution in [2.24, 2.45) is 5.92 Å². The molecule has 2 rings (SSSR count). The Bertz CT molecular complexity index is 353. The third-order valence-corrected chi connectivity index (χ3v) is 2.70. The van der Waals surface area contributed by atoms with E-state index in [0.717, 1.165) is 16.5 Å². The van der Waals surface area contributed by atoms with E-state index in [4.69, 9.17) is 5.11 Å². The van der Waals surface area contributed by atoms with Gasteiger partial charge in [-0.2, -0.15) is 0 Å². The van der Waals surface area contributed by atoms with Crippen LogP contribution in [0.15, 0.2) is 22.9 Å². The smallest absolute Gasteiger partial charge is 0.307 e. The zero-order valence-corrected chi connectivity index (χ0v) is 8.36. The molecule has 68 valence electrons. The highest BCUT2D eigenvalue weighted by molar-refractivity contribution is 9.10. The highest BCUT2D eigenvalue weighted by Gasteiger charge is 2.44.